The van der Waals surface area contributed by atoms with Crippen LogP contribution in [-0.4, -0.2) is 27.2 Å². The summed E-state index contributed by atoms with van der Waals surface area (Å²) in [6, 6.07) is 3.50. The monoisotopic (exact) mass is 307 g/mol. The summed E-state index contributed by atoms with van der Waals surface area (Å²) in [4.78, 5) is 12.4. The van der Waals surface area contributed by atoms with E-state index >= 15 is 0 Å². The number of nitrogens with one attached hydrogen (secondary N) is 1. The van der Waals surface area contributed by atoms with Gasteiger partial charge >= 0.3 is 0 Å². The SMILES string of the molecule is COc1cc(NC(=O)C(C)C2CCCC2)cc(OC)c1OC. The first-order valence-corrected chi connectivity index (χ1v) is 7.71. The molecule has 0 aromatic heterocycles. The molecular weight excluding hydrogens is 282 g/mol. The van der Waals surface area contributed by atoms with Crippen molar-refractivity contribution >= 4 is 11.6 Å². The summed E-state index contributed by atoms with van der Waals surface area (Å²) in [5.41, 5.74) is 0.657. The number of hydrogen-bond acceptors (Lipinski definition) is 4. The third-order valence-electron chi connectivity index (χ3n) is 4.45. The largest absolute Gasteiger partial charge is 0.493 e. The maximum absolute atomic E-state index is 12.4. The highest BCUT2D eigenvalue weighted by molar-refractivity contribution is 5.93. The molecule has 0 spiro atoms. The summed E-state index contributed by atoms with van der Waals surface area (Å²) in [5, 5.41) is 2.96. The van der Waals surface area contributed by atoms with Gasteiger partial charge in [0, 0.05) is 23.7 Å². The highest BCUT2D eigenvalue weighted by atomic mass is 16.5. The second-order valence-electron chi connectivity index (χ2n) is 5.74. The van der Waals surface area contributed by atoms with Gasteiger partial charge in [0.25, 0.3) is 0 Å². The van der Waals surface area contributed by atoms with Crippen LogP contribution in [0.4, 0.5) is 5.69 Å². The van der Waals surface area contributed by atoms with Gasteiger partial charge in [-0.25, -0.2) is 0 Å². The van der Waals surface area contributed by atoms with E-state index in [4.69, 9.17) is 14.2 Å². The lowest BCUT2D eigenvalue weighted by molar-refractivity contribution is -0.120. The van der Waals surface area contributed by atoms with Crippen molar-refractivity contribution in [1.82, 2.24) is 0 Å². The Morgan fingerprint density at radius 2 is 1.64 bits per heavy atom. The quantitative estimate of drug-likeness (QED) is 0.874. The molecule has 1 aromatic carbocycles. The number of anilines is 1. The second kappa shape index (κ2) is 7.38. The van der Waals surface area contributed by atoms with Crippen molar-refractivity contribution < 1.29 is 19.0 Å². The summed E-state index contributed by atoms with van der Waals surface area (Å²) in [7, 11) is 4.68. The van der Waals surface area contributed by atoms with E-state index in [0.29, 0.717) is 28.9 Å². The van der Waals surface area contributed by atoms with Crippen molar-refractivity contribution in [2.75, 3.05) is 26.6 Å². The first-order valence-electron chi connectivity index (χ1n) is 7.71. The average Bonchev–Trinajstić information content (AvgIpc) is 3.07. The summed E-state index contributed by atoms with van der Waals surface area (Å²) in [6.45, 7) is 2.00. The van der Waals surface area contributed by atoms with Crippen molar-refractivity contribution in [2.45, 2.75) is 32.6 Å². The third kappa shape index (κ3) is 3.46. The molecule has 0 radical (unpaired) electrons. The third-order valence-corrected chi connectivity index (χ3v) is 4.45. The lowest BCUT2D eigenvalue weighted by atomic mass is 9.92. The normalized spacial score (nSPS) is 16.2. The number of ether oxygens (including phenoxy) is 3. The zero-order valence-electron chi connectivity index (χ0n) is 13.8. The van der Waals surface area contributed by atoms with E-state index in [0.717, 1.165) is 12.8 Å². The Labute approximate surface area is 131 Å². The molecular formula is C17H25NO4. The van der Waals surface area contributed by atoms with Gasteiger partial charge in [0.2, 0.25) is 11.7 Å². The maximum Gasteiger partial charge on any atom is 0.227 e. The topological polar surface area (TPSA) is 56.8 Å². The summed E-state index contributed by atoms with van der Waals surface area (Å²) < 4.78 is 15.9. The van der Waals surface area contributed by atoms with Crippen LogP contribution in [0.25, 0.3) is 0 Å². The van der Waals surface area contributed by atoms with E-state index in [2.05, 4.69) is 5.32 Å². The molecule has 1 N–H and O–H groups in total. The number of benzene rings is 1. The molecule has 1 unspecified atom stereocenters. The minimum absolute atomic E-state index is 0.0154. The zero-order chi connectivity index (χ0) is 16.1. The van der Waals surface area contributed by atoms with E-state index in [9.17, 15) is 4.79 Å². The van der Waals surface area contributed by atoms with Crippen LogP contribution >= 0.6 is 0 Å². The van der Waals surface area contributed by atoms with E-state index in [-0.39, 0.29) is 11.8 Å². The molecule has 0 bridgehead atoms. The van der Waals surface area contributed by atoms with Gasteiger partial charge in [-0.1, -0.05) is 19.8 Å². The zero-order valence-corrected chi connectivity index (χ0v) is 13.8. The molecule has 1 fully saturated rings. The van der Waals surface area contributed by atoms with Gasteiger partial charge in [-0.3, -0.25) is 4.79 Å². The molecule has 5 heteroatoms. The van der Waals surface area contributed by atoms with E-state index in [1.54, 1.807) is 33.5 Å². The van der Waals surface area contributed by atoms with E-state index in [1.165, 1.54) is 12.8 Å². The van der Waals surface area contributed by atoms with Gasteiger partial charge in [0.15, 0.2) is 11.5 Å². The molecule has 2 rings (SSSR count). The molecule has 0 heterocycles. The van der Waals surface area contributed by atoms with Crippen LogP contribution in [0.3, 0.4) is 0 Å². The number of amides is 1. The van der Waals surface area contributed by atoms with Crippen LogP contribution in [0.15, 0.2) is 12.1 Å². The van der Waals surface area contributed by atoms with Crippen LogP contribution < -0.4 is 19.5 Å². The fraction of sp³-hybridized carbons (Fsp3) is 0.588. The molecule has 5 nitrogen and oxygen atoms in total. The Bertz CT molecular complexity index is 498. The lowest BCUT2D eigenvalue weighted by Crippen LogP contribution is -2.25. The predicted molar refractivity (Wildman–Crippen MR) is 85.8 cm³/mol. The molecule has 0 aliphatic heterocycles. The lowest BCUT2D eigenvalue weighted by Gasteiger charge is -2.19. The predicted octanol–water partition coefficient (Wildman–Crippen LogP) is 3.48. The minimum atomic E-state index is 0.0154. The Hall–Kier alpha value is -1.91. The highest BCUT2D eigenvalue weighted by Crippen LogP contribution is 2.40. The van der Waals surface area contributed by atoms with Gasteiger partial charge in [0.05, 0.1) is 21.3 Å². The molecule has 1 atom stereocenters. The molecule has 22 heavy (non-hydrogen) atoms. The Balaban J connectivity index is 2.16. The standard InChI is InChI=1S/C17H25NO4/c1-11(12-7-5-6-8-12)17(19)18-13-9-14(20-2)16(22-4)15(10-13)21-3/h9-12H,5-8H2,1-4H3,(H,18,19). The van der Waals surface area contributed by atoms with Crippen LogP contribution in [0.2, 0.25) is 0 Å². The van der Waals surface area contributed by atoms with Crippen molar-refractivity contribution in [3.05, 3.63) is 12.1 Å². The molecule has 1 aromatic rings. The van der Waals surface area contributed by atoms with Crippen molar-refractivity contribution in [3.63, 3.8) is 0 Å². The van der Waals surface area contributed by atoms with Crippen LogP contribution in [0.1, 0.15) is 32.6 Å². The molecule has 1 saturated carbocycles. The smallest absolute Gasteiger partial charge is 0.227 e. The Kier molecular flexibility index (Phi) is 5.52. The average molecular weight is 307 g/mol. The van der Waals surface area contributed by atoms with Crippen molar-refractivity contribution in [1.29, 1.82) is 0 Å². The Morgan fingerprint density at radius 1 is 1.09 bits per heavy atom. The number of carbonyl (C=O) groups is 1. The fourth-order valence-corrected chi connectivity index (χ4v) is 3.08. The summed E-state index contributed by atoms with van der Waals surface area (Å²) in [6.07, 6.45) is 4.74. The van der Waals surface area contributed by atoms with Gasteiger partial charge in [-0.05, 0) is 18.8 Å². The second-order valence-corrected chi connectivity index (χ2v) is 5.74. The summed E-state index contributed by atoms with van der Waals surface area (Å²) >= 11 is 0. The van der Waals surface area contributed by atoms with Crippen LogP contribution in [0.5, 0.6) is 17.2 Å². The highest BCUT2D eigenvalue weighted by Gasteiger charge is 2.27. The van der Waals surface area contributed by atoms with Crippen molar-refractivity contribution in [2.24, 2.45) is 11.8 Å². The molecule has 1 aliphatic rings. The maximum atomic E-state index is 12.4. The number of methoxy groups -OCH3 is 3. The van der Waals surface area contributed by atoms with E-state index < -0.39 is 0 Å². The van der Waals surface area contributed by atoms with Gasteiger partial charge in [0.1, 0.15) is 0 Å². The number of rotatable bonds is 6. The number of carbonyl (C=O) groups excluding carboxylic acids is 1. The molecule has 1 amide bonds. The van der Waals surface area contributed by atoms with Crippen molar-refractivity contribution in [3.8, 4) is 17.2 Å². The van der Waals surface area contributed by atoms with Crippen LogP contribution in [0, 0.1) is 11.8 Å². The fourth-order valence-electron chi connectivity index (χ4n) is 3.08. The summed E-state index contributed by atoms with van der Waals surface area (Å²) in [5.74, 6) is 2.13. The van der Waals surface area contributed by atoms with E-state index in [1.807, 2.05) is 6.92 Å². The number of hydrogen-bond donors (Lipinski definition) is 1. The van der Waals surface area contributed by atoms with Crippen LogP contribution in [-0.2, 0) is 4.79 Å². The van der Waals surface area contributed by atoms with Gasteiger partial charge in [-0.2, -0.15) is 0 Å². The first-order chi connectivity index (χ1) is 10.6. The first kappa shape index (κ1) is 16.5. The van der Waals surface area contributed by atoms with Gasteiger partial charge in [-0.15, -0.1) is 0 Å². The van der Waals surface area contributed by atoms with Gasteiger partial charge < -0.3 is 19.5 Å². The Morgan fingerprint density at radius 3 is 2.09 bits per heavy atom. The molecule has 0 saturated heterocycles. The molecule has 122 valence electrons. The molecule has 1 aliphatic carbocycles. The minimum Gasteiger partial charge on any atom is -0.493 e.